The molecule has 0 aliphatic rings. The van der Waals surface area contributed by atoms with Gasteiger partial charge in [0.05, 0.1) is 0 Å². The summed E-state index contributed by atoms with van der Waals surface area (Å²) in [5.41, 5.74) is 6.36. The molecule has 0 radical (unpaired) electrons. The monoisotopic (exact) mass is 366 g/mol. The number of nitrogens with one attached hydrogen (secondary N) is 1. The van der Waals surface area contributed by atoms with Crippen molar-refractivity contribution in [2.75, 3.05) is 5.32 Å². The lowest BCUT2D eigenvalue weighted by Gasteiger charge is -2.32. The molecule has 1 unspecified atom stereocenters. The number of halogens is 2. The highest BCUT2D eigenvalue weighted by molar-refractivity contribution is 9.10. The quantitative estimate of drug-likeness (QED) is 0.827. The number of nitrogens with two attached hydrogens (primary N) is 1. The Balaban J connectivity index is 2.44. The number of rotatable bonds is 5. The molecule has 0 aliphatic heterocycles. The van der Waals surface area contributed by atoms with E-state index < -0.39 is 11.4 Å². The lowest BCUT2D eigenvalue weighted by molar-refractivity contribution is -0.122. The van der Waals surface area contributed by atoms with E-state index in [9.17, 15) is 4.79 Å². The largest absolute Gasteiger partial charge is 0.368 e. The maximum Gasteiger partial charge on any atom is 0.247 e. The molecule has 5 heteroatoms. The normalized spacial score (nSPS) is 13.5. The average molecular weight is 368 g/mol. The number of primary amides is 1. The molecule has 2 rings (SSSR count). The van der Waals surface area contributed by atoms with E-state index in [2.05, 4.69) is 21.2 Å². The third-order valence-electron chi connectivity index (χ3n) is 3.49. The number of hydrogen-bond acceptors (Lipinski definition) is 2. The van der Waals surface area contributed by atoms with Crippen LogP contribution in [-0.4, -0.2) is 5.91 Å². The van der Waals surface area contributed by atoms with Crippen molar-refractivity contribution in [1.82, 2.24) is 0 Å². The third-order valence-corrected chi connectivity index (χ3v) is 4.27. The Hall–Kier alpha value is -1.52. The second-order valence-electron chi connectivity index (χ2n) is 4.76. The van der Waals surface area contributed by atoms with Crippen LogP contribution < -0.4 is 11.1 Å². The van der Waals surface area contributed by atoms with Crippen molar-refractivity contribution < 1.29 is 4.79 Å². The Morgan fingerprint density at radius 3 is 2.24 bits per heavy atom. The number of anilines is 1. The highest BCUT2D eigenvalue weighted by atomic mass is 79.9. The van der Waals surface area contributed by atoms with Gasteiger partial charge in [-0.3, -0.25) is 4.79 Å². The predicted octanol–water partition coefficient (Wildman–Crippen LogP) is 4.31. The first-order chi connectivity index (χ1) is 9.98. The summed E-state index contributed by atoms with van der Waals surface area (Å²) in [5, 5.41) is 3.90. The number of carbonyl (C=O) groups is 1. The van der Waals surface area contributed by atoms with Crippen molar-refractivity contribution in [3.8, 4) is 0 Å². The molecule has 0 fully saturated rings. The van der Waals surface area contributed by atoms with E-state index in [0.29, 0.717) is 11.4 Å². The van der Waals surface area contributed by atoms with Crippen LogP contribution in [0.1, 0.15) is 18.9 Å². The van der Waals surface area contributed by atoms with Crippen LogP contribution in [0.5, 0.6) is 0 Å². The zero-order chi connectivity index (χ0) is 15.5. The van der Waals surface area contributed by atoms with Crippen LogP contribution in [0.25, 0.3) is 0 Å². The molecule has 3 nitrogen and oxygen atoms in total. The van der Waals surface area contributed by atoms with Gasteiger partial charge in [-0.05, 0) is 48.4 Å². The van der Waals surface area contributed by atoms with Gasteiger partial charge >= 0.3 is 0 Å². The van der Waals surface area contributed by atoms with Gasteiger partial charge in [0.25, 0.3) is 0 Å². The zero-order valence-electron chi connectivity index (χ0n) is 11.6. The Kier molecular flexibility index (Phi) is 4.91. The third kappa shape index (κ3) is 3.39. The summed E-state index contributed by atoms with van der Waals surface area (Å²) in [7, 11) is 0. The van der Waals surface area contributed by atoms with Crippen LogP contribution in [0.3, 0.4) is 0 Å². The molecule has 0 heterocycles. The molecule has 2 aromatic carbocycles. The minimum atomic E-state index is -0.950. The highest BCUT2D eigenvalue weighted by Crippen LogP contribution is 2.31. The molecule has 3 N–H and O–H groups in total. The van der Waals surface area contributed by atoms with Crippen molar-refractivity contribution in [3.63, 3.8) is 0 Å². The molecule has 21 heavy (non-hydrogen) atoms. The molecule has 0 aliphatic carbocycles. The van der Waals surface area contributed by atoms with E-state index in [0.717, 1.165) is 15.7 Å². The first-order valence-corrected chi connectivity index (χ1v) is 7.75. The molecule has 0 saturated carbocycles. The minimum absolute atomic E-state index is 0.415. The van der Waals surface area contributed by atoms with Crippen LogP contribution in [0.15, 0.2) is 53.0 Å². The zero-order valence-corrected chi connectivity index (χ0v) is 13.9. The van der Waals surface area contributed by atoms with Crippen molar-refractivity contribution in [2.24, 2.45) is 5.73 Å². The fraction of sp³-hybridized carbons (Fsp3) is 0.188. The van der Waals surface area contributed by atoms with Gasteiger partial charge in [0.1, 0.15) is 5.54 Å². The van der Waals surface area contributed by atoms with Crippen LogP contribution in [0, 0.1) is 0 Å². The van der Waals surface area contributed by atoms with Crippen molar-refractivity contribution in [2.45, 2.75) is 18.9 Å². The van der Waals surface area contributed by atoms with E-state index >= 15 is 0 Å². The first-order valence-electron chi connectivity index (χ1n) is 6.57. The van der Waals surface area contributed by atoms with Gasteiger partial charge in [-0.1, -0.05) is 46.6 Å². The average Bonchev–Trinajstić information content (AvgIpc) is 2.47. The van der Waals surface area contributed by atoms with Crippen LogP contribution in [-0.2, 0) is 10.3 Å². The second-order valence-corrected chi connectivity index (χ2v) is 6.11. The van der Waals surface area contributed by atoms with Gasteiger partial charge < -0.3 is 11.1 Å². The summed E-state index contributed by atoms with van der Waals surface area (Å²) in [4.78, 5) is 12.1. The SMILES string of the molecule is CCC(Nc1ccc(Cl)cc1)(C(N)=O)c1ccc(Br)cc1. The molecule has 1 atom stereocenters. The van der Waals surface area contributed by atoms with Crippen LogP contribution in [0.4, 0.5) is 5.69 Å². The molecule has 0 spiro atoms. The number of hydrogen-bond donors (Lipinski definition) is 2. The molecular formula is C16H16BrClN2O. The fourth-order valence-corrected chi connectivity index (χ4v) is 2.65. The summed E-state index contributed by atoms with van der Waals surface area (Å²) in [6.45, 7) is 1.93. The Morgan fingerprint density at radius 2 is 1.76 bits per heavy atom. The van der Waals surface area contributed by atoms with Gasteiger partial charge in [-0.15, -0.1) is 0 Å². The van der Waals surface area contributed by atoms with Crippen molar-refractivity contribution >= 4 is 39.1 Å². The van der Waals surface area contributed by atoms with Gasteiger partial charge in [0.15, 0.2) is 0 Å². The second kappa shape index (κ2) is 6.50. The van der Waals surface area contributed by atoms with Gasteiger partial charge in [0.2, 0.25) is 5.91 Å². The van der Waals surface area contributed by atoms with E-state index in [1.165, 1.54) is 0 Å². The van der Waals surface area contributed by atoms with Gasteiger partial charge in [-0.25, -0.2) is 0 Å². The van der Waals surface area contributed by atoms with E-state index in [1.807, 2.05) is 43.3 Å². The lowest BCUT2D eigenvalue weighted by atomic mass is 9.86. The maximum absolute atomic E-state index is 12.1. The predicted molar refractivity (Wildman–Crippen MR) is 90.4 cm³/mol. The van der Waals surface area contributed by atoms with Crippen molar-refractivity contribution in [3.05, 3.63) is 63.6 Å². The molecule has 1 amide bonds. The topological polar surface area (TPSA) is 55.1 Å². The summed E-state index contributed by atoms with van der Waals surface area (Å²) in [6.07, 6.45) is 0.534. The molecule has 2 aromatic rings. The van der Waals surface area contributed by atoms with E-state index in [1.54, 1.807) is 12.1 Å². The standard InChI is InChI=1S/C16H16BrClN2O/c1-2-16(15(19)21,11-3-5-12(17)6-4-11)20-14-9-7-13(18)8-10-14/h3-10,20H,2H2,1H3,(H2,19,21). The minimum Gasteiger partial charge on any atom is -0.368 e. The highest BCUT2D eigenvalue weighted by Gasteiger charge is 2.36. The summed E-state index contributed by atoms with van der Waals surface area (Å²) < 4.78 is 0.951. The summed E-state index contributed by atoms with van der Waals surface area (Å²) in [5.74, 6) is -0.415. The van der Waals surface area contributed by atoms with E-state index in [-0.39, 0.29) is 0 Å². The first kappa shape index (κ1) is 15.9. The van der Waals surface area contributed by atoms with Gasteiger partial charge in [-0.2, -0.15) is 0 Å². The van der Waals surface area contributed by atoms with Gasteiger partial charge in [0, 0.05) is 15.2 Å². The summed E-state index contributed by atoms with van der Waals surface area (Å²) >= 11 is 9.28. The molecule has 0 saturated heterocycles. The lowest BCUT2D eigenvalue weighted by Crippen LogP contribution is -2.47. The van der Waals surface area contributed by atoms with Crippen LogP contribution >= 0.6 is 27.5 Å². The van der Waals surface area contributed by atoms with E-state index in [4.69, 9.17) is 17.3 Å². The van der Waals surface area contributed by atoms with Crippen molar-refractivity contribution in [1.29, 1.82) is 0 Å². The fourth-order valence-electron chi connectivity index (χ4n) is 2.26. The Labute approximate surface area is 137 Å². The molecule has 0 bridgehead atoms. The molecule has 0 aromatic heterocycles. The number of benzene rings is 2. The molecule has 110 valence electrons. The number of carbonyl (C=O) groups excluding carboxylic acids is 1. The summed E-state index contributed by atoms with van der Waals surface area (Å²) in [6, 6.07) is 14.8. The smallest absolute Gasteiger partial charge is 0.247 e. The Bertz CT molecular complexity index is 628. The molecular weight excluding hydrogens is 352 g/mol. The Morgan fingerprint density at radius 1 is 1.19 bits per heavy atom. The maximum atomic E-state index is 12.1. The number of amides is 1. The van der Waals surface area contributed by atoms with Crippen LogP contribution in [0.2, 0.25) is 5.02 Å².